The van der Waals surface area contributed by atoms with Crippen molar-refractivity contribution in [1.82, 2.24) is 4.90 Å². The summed E-state index contributed by atoms with van der Waals surface area (Å²) in [5.41, 5.74) is 8.43. The topological polar surface area (TPSA) is 55.8 Å². The average molecular weight is 482 g/mol. The Morgan fingerprint density at radius 1 is 1.14 bits per heavy atom. The number of carbonyl (C=O) groups is 2. The summed E-state index contributed by atoms with van der Waals surface area (Å²) < 4.78 is 26.2. The predicted octanol–water partition coefficient (Wildman–Crippen LogP) is 5.39. The number of fused-ring (bicyclic) bond motifs is 2. The van der Waals surface area contributed by atoms with Gasteiger partial charge in [0.15, 0.2) is 11.6 Å². The maximum atomic E-state index is 15.3. The molecule has 0 bridgehead atoms. The van der Waals surface area contributed by atoms with Gasteiger partial charge in [0.2, 0.25) is 5.91 Å². The highest BCUT2D eigenvalue weighted by Gasteiger charge is 2.31. The molecule has 0 unspecified atom stereocenters. The molecule has 0 saturated carbocycles. The lowest BCUT2D eigenvalue weighted by molar-refractivity contribution is -0.142. The SMILES string of the molecule is CCOC(=O)Cc1c(C)c2c(c(C)c1-c1cc(F)c3c(c1C)CCCO3)CN(CC(C)C)C(=O)C2. The van der Waals surface area contributed by atoms with Gasteiger partial charge in [-0.3, -0.25) is 9.59 Å². The van der Waals surface area contributed by atoms with Crippen molar-refractivity contribution in [2.24, 2.45) is 5.92 Å². The van der Waals surface area contributed by atoms with Gasteiger partial charge in [0.25, 0.3) is 0 Å². The summed E-state index contributed by atoms with van der Waals surface area (Å²) in [6, 6.07) is 1.56. The van der Waals surface area contributed by atoms with Crippen LogP contribution in [0.5, 0.6) is 5.75 Å². The number of rotatable bonds is 6. The highest BCUT2D eigenvalue weighted by atomic mass is 19.1. The molecule has 0 aromatic heterocycles. The summed E-state index contributed by atoms with van der Waals surface area (Å²) in [5, 5.41) is 0. The van der Waals surface area contributed by atoms with Gasteiger partial charge in [0.05, 0.1) is 26.1 Å². The Hall–Kier alpha value is -2.89. The molecule has 4 rings (SSSR count). The number of hydrogen-bond donors (Lipinski definition) is 0. The fourth-order valence-corrected chi connectivity index (χ4v) is 5.66. The van der Waals surface area contributed by atoms with E-state index in [4.69, 9.17) is 9.47 Å². The van der Waals surface area contributed by atoms with Crippen molar-refractivity contribution in [3.05, 3.63) is 50.8 Å². The first-order valence-electron chi connectivity index (χ1n) is 12.7. The van der Waals surface area contributed by atoms with Crippen LogP contribution in [0.1, 0.15) is 66.1 Å². The van der Waals surface area contributed by atoms with Crippen LogP contribution in [-0.4, -0.2) is 36.5 Å². The zero-order chi connectivity index (χ0) is 25.4. The van der Waals surface area contributed by atoms with Crippen LogP contribution in [0.4, 0.5) is 4.39 Å². The molecule has 1 amide bonds. The molecule has 2 aliphatic rings. The number of hydrogen-bond acceptors (Lipinski definition) is 4. The molecule has 0 spiro atoms. The van der Waals surface area contributed by atoms with Crippen molar-refractivity contribution in [3.8, 4) is 16.9 Å². The molecule has 188 valence electrons. The van der Waals surface area contributed by atoms with E-state index >= 15 is 4.39 Å². The minimum Gasteiger partial charge on any atom is -0.490 e. The second-order valence-corrected chi connectivity index (χ2v) is 10.2. The summed E-state index contributed by atoms with van der Waals surface area (Å²) in [5.74, 6) is 0.136. The normalized spacial score (nSPS) is 15.1. The summed E-state index contributed by atoms with van der Waals surface area (Å²) in [6.45, 7) is 14.1. The standard InChI is InChI=1S/C29H36FNO4/c1-7-34-27(33)13-23-18(5)21-12-26(32)31(14-16(2)3)15-24(21)19(6)28(23)22-11-25(30)29-20(17(22)4)9-8-10-35-29/h11,16H,7-10,12-15H2,1-6H3. The quantitative estimate of drug-likeness (QED) is 0.519. The maximum absolute atomic E-state index is 15.3. The summed E-state index contributed by atoms with van der Waals surface area (Å²) in [6.07, 6.45) is 2.01. The number of esters is 1. The Kier molecular flexibility index (Phi) is 7.20. The van der Waals surface area contributed by atoms with E-state index in [0.29, 0.717) is 44.4 Å². The zero-order valence-corrected chi connectivity index (χ0v) is 21.8. The van der Waals surface area contributed by atoms with Gasteiger partial charge in [-0.1, -0.05) is 13.8 Å². The fourth-order valence-electron chi connectivity index (χ4n) is 5.66. The van der Waals surface area contributed by atoms with E-state index < -0.39 is 0 Å². The molecule has 0 saturated heterocycles. The minimum atomic E-state index is -0.367. The highest BCUT2D eigenvalue weighted by Crippen LogP contribution is 2.43. The van der Waals surface area contributed by atoms with Gasteiger partial charge in [0, 0.05) is 18.7 Å². The van der Waals surface area contributed by atoms with Crippen LogP contribution < -0.4 is 4.74 Å². The molecule has 0 fully saturated rings. The number of halogens is 1. The molecule has 0 atom stereocenters. The van der Waals surface area contributed by atoms with Crippen molar-refractivity contribution in [1.29, 1.82) is 0 Å². The van der Waals surface area contributed by atoms with E-state index in [1.54, 1.807) is 13.0 Å². The Morgan fingerprint density at radius 2 is 1.89 bits per heavy atom. The van der Waals surface area contributed by atoms with Crippen LogP contribution in [-0.2, 0) is 40.1 Å². The molecule has 2 aliphatic heterocycles. The fraction of sp³-hybridized carbons (Fsp3) is 0.517. The largest absolute Gasteiger partial charge is 0.490 e. The lowest BCUT2D eigenvalue weighted by Gasteiger charge is -2.34. The van der Waals surface area contributed by atoms with E-state index in [9.17, 15) is 9.59 Å². The molecule has 5 nitrogen and oxygen atoms in total. The number of benzene rings is 2. The second-order valence-electron chi connectivity index (χ2n) is 10.2. The van der Waals surface area contributed by atoms with Crippen LogP contribution in [0.25, 0.3) is 11.1 Å². The minimum absolute atomic E-state index is 0.0850. The first-order valence-corrected chi connectivity index (χ1v) is 12.7. The van der Waals surface area contributed by atoms with Gasteiger partial charge < -0.3 is 14.4 Å². The third-order valence-corrected chi connectivity index (χ3v) is 7.35. The van der Waals surface area contributed by atoms with Crippen molar-refractivity contribution in [2.75, 3.05) is 19.8 Å². The van der Waals surface area contributed by atoms with Crippen molar-refractivity contribution in [3.63, 3.8) is 0 Å². The molecular formula is C29H36FNO4. The highest BCUT2D eigenvalue weighted by molar-refractivity contribution is 5.87. The van der Waals surface area contributed by atoms with Crippen molar-refractivity contribution < 1.29 is 23.5 Å². The maximum Gasteiger partial charge on any atom is 0.310 e. The lowest BCUT2D eigenvalue weighted by atomic mass is 9.79. The Bertz CT molecular complexity index is 1180. The van der Waals surface area contributed by atoms with Gasteiger partial charge in [-0.25, -0.2) is 4.39 Å². The zero-order valence-electron chi connectivity index (χ0n) is 21.8. The molecule has 0 N–H and O–H groups in total. The van der Waals surface area contributed by atoms with Crippen LogP contribution in [0.2, 0.25) is 0 Å². The van der Waals surface area contributed by atoms with Gasteiger partial charge in [0.1, 0.15) is 0 Å². The Morgan fingerprint density at radius 3 is 2.57 bits per heavy atom. The van der Waals surface area contributed by atoms with E-state index in [1.807, 2.05) is 25.7 Å². The Labute approximate surface area is 207 Å². The molecule has 35 heavy (non-hydrogen) atoms. The second kappa shape index (κ2) is 10.00. The Balaban J connectivity index is 1.96. The monoisotopic (exact) mass is 481 g/mol. The number of ether oxygens (including phenoxy) is 2. The van der Waals surface area contributed by atoms with E-state index in [1.165, 1.54) is 0 Å². The van der Waals surface area contributed by atoms with Gasteiger partial charge in [-0.2, -0.15) is 0 Å². The summed E-state index contributed by atoms with van der Waals surface area (Å²) in [7, 11) is 0. The van der Waals surface area contributed by atoms with Crippen LogP contribution in [0, 0.1) is 32.5 Å². The van der Waals surface area contributed by atoms with Gasteiger partial charge in [-0.05, 0) is 97.0 Å². The molecular weight excluding hydrogens is 445 g/mol. The van der Waals surface area contributed by atoms with E-state index in [-0.39, 0.29) is 24.1 Å². The molecule has 0 aliphatic carbocycles. The van der Waals surface area contributed by atoms with Crippen molar-refractivity contribution in [2.45, 2.75) is 73.8 Å². The summed E-state index contributed by atoms with van der Waals surface area (Å²) >= 11 is 0. The third-order valence-electron chi connectivity index (χ3n) is 7.35. The van der Waals surface area contributed by atoms with Gasteiger partial charge in [-0.15, -0.1) is 0 Å². The number of nitrogens with zero attached hydrogens (tertiary/aromatic N) is 1. The third kappa shape index (κ3) is 4.67. The van der Waals surface area contributed by atoms with Crippen molar-refractivity contribution >= 4 is 11.9 Å². The molecule has 2 heterocycles. The van der Waals surface area contributed by atoms with E-state index in [2.05, 4.69) is 13.8 Å². The average Bonchev–Trinajstić information content (AvgIpc) is 2.81. The van der Waals surface area contributed by atoms with Crippen LogP contribution in [0.15, 0.2) is 6.07 Å². The van der Waals surface area contributed by atoms with Crippen LogP contribution >= 0.6 is 0 Å². The number of carbonyl (C=O) groups excluding carboxylic acids is 2. The molecule has 2 aromatic carbocycles. The first kappa shape index (κ1) is 25.2. The molecule has 6 heteroatoms. The molecule has 0 radical (unpaired) electrons. The van der Waals surface area contributed by atoms with Gasteiger partial charge >= 0.3 is 5.97 Å². The first-order chi connectivity index (χ1) is 16.6. The number of amides is 1. The summed E-state index contributed by atoms with van der Waals surface area (Å²) in [4.78, 5) is 27.6. The van der Waals surface area contributed by atoms with Crippen LogP contribution in [0.3, 0.4) is 0 Å². The molecule has 2 aromatic rings. The smallest absolute Gasteiger partial charge is 0.310 e. The predicted molar refractivity (Wildman–Crippen MR) is 134 cm³/mol. The van der Waals surface area contributed by atoms with E-state index in [0.717, 1.165) is 62.9 Å². The lowest BCUT2D eigenvalue weighted by Crippen LogP contribution is -2.39.